The molecule has 9 heteroatoms. The van der Waals surface area contributed by atoms with Gasteiger partial charge in [-0.05, 0) is 0 Å². The third-order valence-electron chi connectivity index (χ3n) is 7.68. The van der Waals surface area contributed by atoms with E-state index in [1.807, 2.05) is 13.8 Å². The molecule has 0 atom stereocenters. The third-order valence-corrected chi connectivity index (χ3v) is 26.7. The fraction of sp³-hybridized carbons (Fsp3) is 0.562. The van der Waals surface area contributed by atoms with Crippen LogP contribution in [-0.4, -0.2) is 48.4 Å². The van der Waals surface area contributed by atoms with E-state index in [-0.39, 0.29) is 23.0 Å². The summed E-state index contributed by atoms with van der Waals surface area (Å²) in [5, 5.41) is 0. The monoisotopic (exact) mass is 714 g/mol. The molecule has 230 valence electrons. The molecule has 0 aliphatic carbocycles. The Kier molecular flexibility index (Phi) is 15.6. The Morgan fingerprint density at radius 3 is 1.44 bits per heavy atom. The van der Waals surface area contributed by atoms with Crippen molar-refractivity contribution in [2.24, 2.45) is 0 Å². The van der Waals surface area contributed by atoms with E-state index in [9.17, 15) is 16.8 Å². The van der Waals surface area contributed by atoms with Gasteiger partial charge in [0.2, 0.25) is 0 Å². The molecule has 0 aliphatic heterocycles. The molecule has 2 aromatic carbocycles. The summed E-state index contributed by atoms with van der Waals surface area (Å²) in [6, 6.07) is 13.4. The molecule has 0 aliphatic rings. The molecule has 0 radical (unpaired) electrons. The number of aryl methyl sites for hydroxylation is 2. The van der Waals surface area contributed by atoms with E-state index in [0.717, 1.165) is 30.4 Å². The summed E-state index contributed by atoms with van der Waals surface area (Å²) >= 11 is -2.92. The number of hydrogen-bond donors (Lipinski definition) is 0. The van der Waals surface area contributed by atoms with Gasteiger partial charge >= 0.3 is 255 Å². The van der Waals surface area contributed by atoms with Crippen LogP contribution in [0.3, 0.4) is 0 Å². The average Bonchev–Trinajstić information content (AvgIpc) is 2.94. The maximum absolute atomic E-state index is 12.9. The van der Waals surface area contributed by atoms with E-state index in [1.165, 1.54) is 36.2 Å². The minimum absolute atomic E-state index is 0.0551. The van der Waals surface area contributed by atoms with E-state index >= 15 is 0 Å². The van der Waals surface area contributed by atoms with Crippen molar-refractivity contribution in [1.29, 1.82) is 0 Å². The summed E-state index contributed by atoms with van der Waals surface area (Å²) in [7, 11) is -7.69. The van der Waals surface area contributed by atoms with E-state index in [4.69, 9.17) is 8.37 Å². The molecule has 0 bridgehead atoms. The first-order valence-corrected chi connectivity index (χ1v) is 25.4. The Morgan fingerprint density at radius 1 is 0.659 bits per heavy atom. The minimum atomic E-state index is -3.86. The first-order chi connectivity index (χ1) is 19.5. The van der Waals surface area contributed by atoms with Crippen molar-refractivity contribution >= 4 is 38.6 Å². The number of rotatable bonds is 20. The van der Waals surface area contributed by atoms with E-state index in [1.54, 1.807) is 48.5 Å². The quantitative estimate of drug-likeness (QED) is 0.0778. The van der Waals surface area contributed by atoms with Crippen LogP contribution in [0.4, 0.5) is 0 Å². The number of benzene rings is 2. The van der Waals surface area contributed by atoms with Gasteiger partial charge in [-0.3, -0.25) is 0 Å². The van der Waals surface area contributed by atoms with Crippen LogP contribution in [0.2, 0.25) is 13.3 Å². The zero-order chi connectivity index (χ0) is 30.4. The number of unbranched alkanes of at least 4 members (excludes halogenated alkanes) is 3. The van der Waals surface area contributed by atoms with Crippen LogP contribution in [-0.2, 0) is 28.6 Å². The molecule has 0 saturated carbocycles. The first-order valence-electron chi connectivity index (χ1n) is 15.1. The van der Waals surface area contributed by atoms with E-state index in [2.05, 4.69) is 26.8 Å². The fourth-order valence-electron chi connectivity index (χ4n) is 5.18. The number of hydrogen-bond acceptors (Lipinski definition) is 6. The molecule has 2 rings (SSSR count). The molecule has 0 aromatic heterocycles. The van der Waals surface area contributed by atoms with Crippen molar-refractivity contribution in [3.63, 3.8) is 0 Å². The Labute approximate surface area is 254 Å². The standard InChI is InChI=1S/C20H23O6S2.3C4H9.Sn/c1-17-7-11-19(12-8-17)27(21,22)25-15-5-3-4-6-16-26-28(23,24)20-13-9-18(2)10-14-20;3*1-3-4-2;/h3,7-14H,5-6,15-16H2,1-2H3;3*1,3-4H2,2H3;. The van der Waals surface area contributed by atoms with Gasteiger partial charge in [0.1, 0.15) is 0 Å². The van der Waals surface area contributed by atoms with Crippen LogP contribution in [0.15, 0.2) is 68.0 Å². The third kappa shape index (κ3) is 11.8. The van der Waals surface area contributed by atoms with Crippen molar-refractivity contribution in [2.75, 3.05) is 13.2 Å². The normalized spacial score (nSPS) is 13.0. The van der Waals surface area contributed by atoms with Gasteiger partial charge < -0.3 is 0 Å². The van der Waals surface area contributed by atoms with Gasteiger partial charge in [-0.25, -0.2) is 0 Å². The molecule has 0 fully saturated rings. The predicted octanol–water partition coefficient (Wildman–Crippen LogP) is 8.51. The van der Waals surface area contributed by atoms with Crippen molar-refractivity contribution in [2.45, 2.75) is 109 Å². The molecule has 2 aromatic rings. The Bertz CT molecular complexity index is 1260. The average molecular weight is 714 g/mol. The van der Waals surface area contributed by atoms with Crippen LogP contribution in [0.1, 0.15) is 83.3 Å². The molecule has 41 heavy (non-hydrogen) atoms. The second-order valence-corrected chi connectivity index (χ2v) is 27.7. The Morgan fingerprint density at radius 2 is 1.05 bits per heavy atom. The van der Waals surface area contributed by atoms with Crippen molar-refractivity contribution in [3.05, 3.63) is 69.3 Å². The zero-order valence-corrected chi connectivity index (χ0v) is 30.1. The van der Waals surface area contributed by atoms with E-state index in [0.29, 0.717) is 12.8 Å². The summed E-state index contributed by atoms with van der Waals surface area (Å²) in [4.78, 5) is 0.324. The second kappa shape index (κ2) is 17.8. The molecule has 0 unspecified atom stereocenters. The van der Waals surface area contributed by atoms with E-state index < -0.39 is 38.6 Å². The molecule has 0 amide bonds. The molecule has 0 heterocycles. The van der Waals surface area contributed by atoms with Crippen LogP contribution in [0.5, 0.6) is 0 Å². The van der Waals surface area contributed by atoms with Crippen molar-refractivity contribution in [1.82, 2.24) is 0 Å². The van der Waals surface area contributed by atoms with Crippen LogP contribution in [0.25, 0.3) is 0 Å². The second-order valence-electron chi connectivity index (χ2n) is 11.0. The summed E-state index contributed by atoms with van der Waals surface area (Å²) in [6.45, 7) is 10.6. The first kappa shape index (κ1) is 36.0. The van der Waals surface area contributed by atoms with Gasteiger partial charge in [-0.2, -0.15) is 0 Å². The van der Waals surface area contributed by atoms with Crippen LogP contribution < -0.4 is 0 Å². The molecular formula is C32H50O6S2Sn. The zero-order valence-electron chi connectivity index (χ0n) is 25.7. The summed E-state index contributed by atoms with van der Waals surface area (Å²) < 4.78 is 67.3. The molecular weight excluding hydrogens is 663 g/mol. The summed E-state index contributed by atoms with van der Waals surface area (Å²) in [6.07, 6.45) is 10.1. The molecule has 6 nitrogen and oxygen atoms in total. The molecule has 0 spiro atoms. The molecule has 0 N–H and O–H groups in total. The molecule has 0 saturated heterocycles. The predicted molar refractivity (Wildman–Crippen MR) is 171 cm³/mol. The van der Waals surface area contributed by atoms with Crippen molar-refractivity contribution in [3.8, 4) is 0 Å². The summed E-state index contributed by atoms with van der Waals surface area (Å²) in [5.41, 5.74) is 1.97. The fourth-order valence-corrected chi connectivity index (χ4v) is 24.2. The van der Waals surface area contributed by atoms with Gasteiger partial charge in [-0.15, -0.1) is 0 Å². The van der Waals surface area contributed by atoms with Gasteiger partial charge in [0, 0.05) is 0 Å². The van der Waals surface area contributed by atoms with Gasteiger partial charge in [0.15, 0.2) is 0 Å². The van der Waals surface area contributed by atoms with Crippen LogP contribution in [0, 0.1) is 13.8 Å². The SMILES string of the molecule is CCC[CH2][Sn]([CH2]CCC)([CH2]CCC)[C](=CCCOS(=O)(=O)c1ccc(C)cc1)CCOS(=O)(=O)c1ccc(C)cc1. The summed E-state index contributed by atoms with van der Waals surface area (Å²) in [5.74, 6) is 0. The Balaban J connectivity index is 2.29. The Hall–Kier alpha value is -1.20. The maximum atomic E-state index is 12.9. The van der Waals surface area contributed by atoms with Gasteiger partial charge in [-0.1, -0.05) is 0 Å². The van der Waals surface area contributed by atoms with Crippen LogP contribution >= 0.6 is 0 Å². The van der Waals surface area contributed by atoms with Gasteiger partial charge in [0.05, 0.1) is 0 Å². The van der Waals surface area contributed by atoms with Gasteiger partial charge in [0.25, 0.3) is 0 Å². The van der Waals surface area contributed by atoms with Crippen molar-refractivity contribution < 1.29 is 25.2 Å². The topological polar surface area (TPSA) is 86.7 Å².